The van der Waals surface area contributed by atoms with Gasteiger partial charge in [-0.05, 0) is 50.5 Å². The molecule has 2 rings (SSSR count). The van der Waals surface area contributed by atoms with E-state index in [0.29, 0.717) is 50.2 Å². The maximum Gasteiger partial charge on any atom is 0.338 e. The first-order valence-electron chi connectivity index (χ1n) is 8.93. The highest BCUT2D eigenvalue weighted by molar-refractivity contribution is 7.89. The lowest BCUT2D eigenvalue weighted by atomic mass is 9.97. The highest BCUT2D eigenvalue weighted by atomic mass is 32.2. The zero-order valence-corrected chi connectivity index (χ0v) is 16.0. The number of hydrogen-bond acceptors (Lipinski definition) is 5. The van der Waals surface area contributed by atoms with Crippen LogP contribution >= 0.6 is 0 Å². The Morgan fingerprint density at radius 2 is 1.77 bits per heavy atom. The third-order valence-electron chi connectivity index (χ3n) is 4.34. The summed E-state index contributed by atoms with van der Waals surface area (Å²) < 4.78 is 30.5. The molecule has 1 fully saturated rings. The van der Waals surface area contributed by atoms with Gasteiger partial charge in [-0.2, -0.15) is 0 Å². The second-order valence-electron chi connectivity index (χ2n) is 6.28. The predicted molar refractivity (Wildman–Crippen MR) is 99.4 cm³/mol. The molecule has 1 N–H and O–H groups in total. The molecular formula is C18H26N2O5S. The number of rotatable bonds is 7. The molecule has 144 valence electrons. The van der Waals surface area contributed by atoms with E-state index in [4.69, 9.17) is 4.74 Å². The van der Waals surface area contributed by atoms with Crippen LogP contribution in [-0.4, -0.2) is 50.0 Å². The number of amides is 1. The van der Waals surface area contributed by atoms with E-state index in [-0.39, 0.29) is 17.6 Å². The van der Waals surface area contributed by atoms with Gasteiger partial charge in [0.2, 0.25) is 15.9 Å². The van der Waals surface area contributed by atoms with Crippen LogP contribution in [0.3, 0.4) is 0 Å². The number of piperidine rings is 1. The molecule has 1 heterocycles. The van der Waals surface area contributed by atoms with E-state index in [1.165, 1.54) is 4.31 Å². The molecule has 0 spiro atoms. The van der Waals surface area contributed by atoms with Gasteiger partial charge in [0.15, 0.2) is 0 Å². The fourth-order valence-electron chi connectivity index (χ4n) is 2.93. The van der Waals surface area contributed by atoms with Crippen molar-refractivity contribution >= 4 is 27.6 Å². The molecule has 8 heteroatoms. The number of nitrogens with one attached hydrogen (secondary N) is 1. The van der Waals surface area contributed by atoms with Crippen molar-refractivity contribution in [2.24, 2.45) is 5.92 Å². The topological polar surface area (TPSA) is 92.8 Å². The Labute approximate surface area is 154 Å². The summed E-state index contributed by atoms with van der Waals surface area (Å²) in [4.78, 5) is 24.0. The van der Waals surface area contributed by atoms with E-state index < -0.39 is 16.0 Å². The second kappa shape index (κ2) is 9.14. The number of hydrogen-bond donors (Lipinski definition) is 1. The molecule has 0 aliphatic carbocycles. The van der Waals surface area contributed by atoms with E-state index in [0.717, 1.165) is 0 Å². The molecule has 1 amide bonds. The zero-order chi connectivity index (χ0) is 19.2. The first-order valence-corrected chi connectivity index (χ1v) is 10.5. The van der Waals surface area contributed by atoms with E-state index in [9.17, 15) is 18.0 Å². The predicted octanol–water partition coefficient (Wildman–Crippen LogP) is 2.25. The molecule has 7 nitrogen and oxygen atoms in total. The molecule has 0 saturated carbocycles. The summed E-state index contributed by atoms with van der Waals surface area (Å²) in [7, 11) is -3.20. The van der Waals surface area contributed by atoms with Gasteiger partial charge in [0, 0.05) is 24.7 Å². The highest BCUT2D eigenvalue weighted by Crippen LogP contribution is 2.22. The number of esters is 1. The van der Waals surface area contributed by atoms with Crippen molar-refractivity contribution in [3.63, 3.8) is 0 Å². The van der Waals surface area contributed by atoms with Gasteiger partial charge >= 0.3 is 5.97 Å². The molecule has 0 radical (unpaired) electrons. The SMILES string of the molecule is CCCS(=O)(=O)N1CCC(C(=O)Nc2ccc(C(=O)OCC)cc2)CC1. The van der Waals surface area contributed by atoms with Gasteiger partial charge in [0.05, 0.1) is 17.9 Å². The Bertz CT molecular complexity index is 722. The number of ether oxygens (including phenoxy) is 1. The van der Waals surface area contributed by atoms with E-state index in [1.54, 1.807) is 31.2 Å². The van der Waals surface area contributed by atoms with Crippen molar-refractivity contribution in [3.05, 3.63) is 29.8 Å². The molecule has 1 saturated heterocycles. The Hall–Kier alpha value is -1.93. The van der Waals surface area contributed by atoms with Crippen LogP contribution in [0.2, 0.25) is 0 Å². The summed E-state index contributed by atoms with van der Waals surface area (Å²) in [5.41, 5.74) is 1.03. The Morgan fingerprint density at radius 1 is 1.15 bits per heavy atom. The number of nitrogens with zero attached hydrogens (tertiary/aromatic N) is 1. The maximum absolute atomic E-state index is 12.4. The van der Waals surface area contributed by atoms with Gasteiger partial charge in [-0.25, -0.2) is 17.5 Å². The number of sulfonamides is 1. The van der Waals surface area contributed by atoms with Gasteiger partial charge in [0.25, 0.3) is 0 Å². The smallest absolute Gasteiger partial charge is 0.338 e. The highest BCUT2D eigenvalue weighted by Gasteiger charge is 2.30. The average Bonchev–Trinajstić information content (AvgIpc) is 2.62. The molecule has 1 aliphatic heterocycles. The summed E-state index contributed by atoms with van der Waals surface area (Å²) >= 11 is 0. The number of carbonyl (C=O) groups is 2. The molecule has 26 heavy (non-hydrogen) atoms. The van der Waals surface area contributed by atoms with Gasteiger partial charge in [-0.15, -0.1) is 0 Å². The molecule has 1 aromatic carbocycles. The fourth-order valence-corrected chi connectivity index (χ4v) is 4.47. The van der Waals surface area contributed by atoms with Crippen LogP contribution < -0.4 is 5.32 Å². The number of anilines is 1. The van der Waals surface area contributed by atoms with Crippen molar-refractivity contribution in [1.82, 2.24) is 4.31 Å². The Kier molecular flexibility index (Phi) is 7.16. The molecule has 0 aromatic heterocycles. The van der Waals surface area contributed by atoms with Crippen molar-refractivity contribution < 1.29 is 22.7 Å². The first-order chi connectivity index (χ1) is 12.4. The van der Waals surface area contributed by atoms with Crippen molar-refractivity contribution in [1.29, 1.82) is 0 Å². The maximum atomic E-state index is 12.4. The van der Waals surface area contributed by atoms with Gasteiger partial charge in [-0.3, -0.25) is 4.79 Å². The van der Waals surface area contributed by atoms with Crippen LogP contribution in [0, 0.1) is 5.92 Å². The first kappa shape index (κ1) is 20.4. The molecule has 0 unspecified atom stereocenters. The van der Waals surface area contributed by atoms with E-state index in [2.05, 4.69) is 5.32 Å². The lowest BCUT2D eigenvalue weighted by Crippen LogP contribution is -2.42. The van der Waals surface area contributed by atoms with Crippen LogP contribution in [0.1, 0.15) is 43.5 Å². The standard InChI is InChI=1S/C18H26N2O5S/c1-3-13-26(23,24)20-11-9-14(10-12-20)17(21)19-16-7-5-15(6-8-16)18(22)25-4-2/h5-8,14H,3-4,9-13H2,1-2H3,(H,19,21). The fraction of sp³-hybridized carbons (Fsp3) is 0.556. The monoisotopic (exact) mass is 382 g/mol. The van der Waals surface area contributed by atoms with Gasteiger partial charge in [0.1, 0.15) is 0 Å². The largest absolute Gasteiger partial charge is 0.462 e. The Balaban J connectivity index is 1.88. The lowest BCUT2D eigenvalue weighted by molar-refractivity contribution is -0.120. The van der Waals surface area contributed by atoms with Crippen molar-refractivity contribution in [2.75, 3.05) is 30.8 Å². The van der Waals surface area contributed by atoms with E-state index in [1.807, 2.05) is 6.92 Å². The van der Waals surface area contributed by atoms with Crippen LogP contribution in [-0.2, 0) is 19.6 Å². The minimum atomic E-state index is -3.20. The summed E-state index contributed by atoms with van der Waals surface area (Å²) in [5, 5.41) is 2.83. The number of benzene rings is 1. The second-order valence-corrected chi connectivity index (χ2v) is 8.36. The van der Waals surface area contributed by atoms with Crippen molar-refractivity contribution in [3.8, 4) is 0 Å². The molecule has 1 aromatic rings. The van der Waals surface area contributed by atoms with E-state index >= 15 is 0 Å². The minimum absolute atomic E-state index is 0.124. The summed E-state index contributed by atoms with van der Waals surface area (Å²) in [5.74, 6) is -0.586. The van der Waals surface area contributed by atoms with Crippen LogP contribution in [0.25, 0.3) is 0 Å². The third-order valence-corrected chi connectivity index (χ3v) is 6.42. The molecular weight excluding hydrogens is 356 g/mol. The van der Waals surface area contributed by atoms with Crippen LogP contribution in [0.4, 0.5) is 5.69 Å². The van der Waals surface area contributed by atoms with Gasteiger partial charge in [-0.1, -0.05) is 6.92 Å². The van der Waals surface area contributed by atoms with Crippen molar-refractivity contribution in [2.45, 2.75) is 33.1 Å². The molecule has 1 aliphatic rings. The lowest BCUT2D eigenvalue weighted by Gasteiger charge is -2.30. The average molecular weight is 382 g/mol. The Morgan fingerprint density at radius 3 is 2.31 bits per heavy atom. The number of carbonyl (C=O) groups excluding carboxylic acids is 2. The quantitative estimate of drug-likeness (QED) is 0.730. The molecule has 0 atom stereocenters. The normalized spacial score (nSPS) is 16.2. The summed E-state index contributed by atoms with van der Waals surface area (Å²) in [6.07, 6.45) is 1.61. The van der Waals surface area contributed by atoms with Crippen LogP contribution in [0.15, 0.2) is 24.3 Å². The van der Waals surface area contributed by atoms with Crippen LogP contribution in [0.5, 0.6) is 0 Å². The summed E-state index contributed by atoms with van der Waals surface area (Å²) in [6, 6.07) is 6.52. The molecule has 0 bridgehead atoms. The summed E-state index contributed by atoms with van der Waals surface area (Å²) in [6.45, 7) is 4.64. The minimum Gasteiger partial charge on any atom is -0.462 e. The third kappa shape index (κ3) is 5.28. The zero-order valence-electron chi connectivity index (χ0n) is 15.2. The van der Waals surface area contributed by atoms with Gasteiger partial charge < -0.3 is 10.1 Å².